The van der Waals surface area contributed by atoms with Gasteiger partial charge < -0.3 is 5.11 Å². The van der Waals surface area contributed by atoms with Crippen LogP contribution in [0.25, 0.3) is 0 Å². The van der Waals surface area contributed by atoms with Gasteiger partial charge in [-0.05, 0) is 91.1 Å². The summed E-state index contributed by atoms with van der Waals surface area (Å²) in [5.74, 6) is 2.83. The average molecular weight is 455 g/mol. The number of unbranched alkanes of at least 4 members (excludes halogenated alkanes) is 7. The highest BCUT2D eigenvalue weighted by atomic mass is 16.4. The van der Waals surface area contributed by atoms with Crippen molar-refractivity contribution in [2.75, 3.05) is 0 Å². The van der Waals surface area contributed by atoms with Gasteiger partial charge in [-0.3, -0.25) is 9.59 Å². The Morgan fingerprint density at radius 3 is 2.36 bits per heavy atom. The van der Waals surface area contributed by atoms with Gasteiger partial charge in [-0.1, -0.05) is 70.9 Å². The summed E-state index contributed by atoms with van der Waals surface area (Å²) in [4.78, 5) is 22.6. The largest absolute Gasteiger partial charge is 0.481 e. The van der Waals surface area contributed by atoms with E-state index in [2.05, 4.69) is 26.0 Å². The summed E-state index contributed by atoms with van der Waals surface area (Å²) in [6.45, 7) is 5.07. The van der Waals surface area contributed by atoms with E-state index >= 15 is 0 Å². The lowest BCUT2D eigenvalue weighted by Gasteiger charge is -2.56. The molecule has 3 nitrogen and oxygen atoms in total. The van der Waals surface area contributed by atoms with E-state index < -0.39 is 5.97 Å². The Morgan fingerprint density at radius 1 is 0.939 bits per heavy atom. The standard InChI is InChI=1S/C30H46O3/c1-29-20-18-27-25(15-13-23-21-24(31)17-19-30(23,27)2)26(29)16-14-22(29)11-9-7-5-3-4-6-8-10-12-28(32)33/h13,15,21-22,25-27H,3-12,14,16-20H2,1-2H3,(H,32,33)/t22-,25?,26?,27?,29+,30-/m0/s1. The lowest BCUT2D eigenvalue weighted by atomic mass is 9.48. The molecule has 184 valence electrons. The Hall–Kier alpha value is -1.38. The summed E-state index contributed by atoms with van der Waals surface area (Å²) in [5.41, 5.74) is 2.05. The van der Waals surface area contributed by atoms with Gasteiger partial charge in [-0.2, -0.15) is 0 Å². The molecule has 3 unspecified atom stereocenters. The Kier molecular flexibility index (Phi) is 7.86. The highest BCUT2D eigenvalue weighted by Gasteiger charge is 2.57. The fourth-order valence-electron chi connectivity index (χ4n) is 8.31. The number of rotatable bonds is 11. The summed E-state index contributed by atoms with van der Waals surface area (Å²) in [6, 6.07) is 0. The smallest absolute Gasteiger partial charge is 0.303 e. The van der Waals surface area contributed by atoms with Crippen LogP contribution in [0.4, 0.5) is 0 Å². The van der Waals surface area contributed by atoms with Gasteiger partial charge in [0.25, 0.3) is 0 Å². The van der Waals surface area contributed by atoms with Crippen LogP contribution in [-0.2, 0) is 9.59 Å². The number of hydrogen-bond acceptors (Lipinski definition) is 2. The Balaban J connectivity index is 1.22. The second-order valence-corrected chi connectivity index (χ2v) is 12.2. The number of ketones is 1. The highest BCUT2D eigenvalue weighted by Crippen LogP contribution is 2.65. The van der Waals surface area contributed by atoms with Gasteiger partial charge in [-0.25, -0.2) is 0 Å². The maximum Gasteiger partial charge on any atom is 0.303 e. The molecule has 1 N–H and O–H groups in total. The second kappa shape index (κ2) is 10.5. The molecule has 0 aromatic rings. The molecule has 0 radical (unpaired) electrons. The van der Waals surface area contributed by atoms with Crippen molar-refractivity contribution in [3.8, 4) is 0 Å². The fourth-order valence-corrected chi connectivity index (χ4v) is 8.31. The molecular formula is C30H46O3. The van der Waals surface area contributed by atoms with Crippen LogP contribution in [-0.4, -0.2) is 16.9 Å². The van der Waals surface area contributed by atoms with E-state index in [-0.39, 0.29) is 5.41 Å². The minimum absolute atomic E-state index is 0.223. The predicted octanol–water partition coefficient (Wildman–Crippen LogP) is 7.90. The van der Waals surface area contributed by atoms with Gasteiger partial charge in [0.1, 0.15) is 0 Å². The van der Waals surface area contributed by atoms with Crippen molar-refractivity contribution in [3.63, 3.8) is 0 Å². The van der Waals surface area contributed by atoms with E-state index in [1.165, 1.54) is 76.2 Å². The average Bonchev–Trinajstić information content (AvgIpc) is 3.11. The molecule has 2 fully saturated rings. The van der Waals surface area contributed by atoms with Crippen LogP contribution in [0.5, 0.6) is 0 Å². The zero-order chi connectivity index (χ0) is 23.5. The van der Waals surface area contributed by atoms with E-state index in [9.17, 15) is 9.59 Å². The van der Waals surface area contributed by atoms with Crippen molar-refractivity contribution in [3.05, 3.63) is 23.8 Å². The summed E-state index contributed by atoms with van der Waals surface area (Å²) in [5, 5.41) is 8.70. The number of carbonyl (C=O) groups excluding carboxylic acids is 1. The van der Waals surface area contributed by atoms with Crippen LogP contribution in [0.1, 0.15) is 117 Å². The highest BCUT2D eigenvalue weighted by molar-refractivity contribution is 5.92. The molecule has 0 spiro atoms. The number of carbonyl (C=O) groups is 2. The van der Waals surface area contributed by atoms with E-state index in [0.29, 0.717) is 23.5 Å². The van der Waals surface area contributed by atoms with Crippen LogP contribution in [0.15, 0.2) is 23.8 Å². The van der Waals surface area contributed by atoms with Crippen LogP contribution in [0.3, 0.4) is 0 Å². The summed E-state index contributed by atoms with van der Waals surface area (Å²) in [7, 11) is 0. The Bertz CT molecular complexity index is 779. The quantitative estimate of drug-likeness (QED) is 0.323. The number of hydrogen-bond donors (Lipinski definition) is 1. The zero-order valence-electron chi connectivity index (χ0n) is 21.1. The molecule has 0 amide bonds. The minimum Gasteiger partial charge on any atom is -0.481 e. The van der Waals surface area contributed by atoms with Crippen molar-refractivity contribution in [1.29, 1.82) is 0 Å². The van der Waals surface area contributed by atoms with Crippen LogP contribution < -0.4 is 0 Å². The zero-order valence-corrected chi connectivity index (χ0v) is 21.1. The molecule has 6 atom stereocenters. The topological polar surface area (TPSA) is 54.4 Å². The molecule has 3 heteroatoms. The molecule has 2 saturated carbocycles. The number of carboxylic acid groups (broad SMARTS) is 1. The predicted molar refractivity (Wildman–Crippen MR) is 134 cm³/mol. The van der Waals surface area contributed by atoms with Crippen molar-refractivity contribution in [2.24, 2.45) is 34.5 Å². The van der Waals surface area contributed by atoms with Crippen molar-refractivity contribution < 1.29 is 14.7 Å². The normalized spacial score (nSPS) is 37.3. The van der Waals surface area contributed by atoms with Crippen molar-refractivity contribution >= 4 is 11.8 Å². The monoisotopic (exact) mass is 454 g/mol. The first kappa shape index (κ1) is 24.7. The maximum atomic E-state index is 12.0. The van der Waals surface area contributed by atoms with Gasteiger partial charge in [-0.15, -0.1) is 0 Å². The summed E-state index contributed by atoms with van der Waals surface area (Å²) >= 11 is 0. The number of carboxylic acids is 1. The molecule has 0 aliphatic heterocycles. The van der Waals surface area contributed by atoms with Crippen LogP contribution >= 0.6 is 0 Å². The first-order valence-corrected chi connectivity index (χ1v) is 14.0. The molecule has 0 saturated heterocycles. The lowest BCUT2D eigenvalue weighted by molar-refractivity contribution is -0.137. The van der Waals surface area contributed by atoms with Crippen molar-refractivity contribution in [2.45, 2.75) is 117 Å². The second-order valence-electron chi connectivity index (χ2n) is 12.2. The van der Waals surface area contributed by atoms with Crippen LogP contribution in [0.2, 0.25) is 0 Å². The van der Waals surface area contributed by atoms with Crippen molar-refractivity contribution in [1.82, 2.24) is 0 Å². The summed E-state index contributed by atoms with van der Waals surface area (Å²) in [6.07, 6.45) is 25.6. The molecule has 0 heterocycles. The van der Waals surface area contributed by atoms with Gasteiger partial charge >= 0.3 is 5.97 Å². The molecular weight excluding hydrogens is 408 g/mol. The Labute approximate surface area is 201 Å². The van der Waals surface area contributed by atoms with Gasteiger partial charge in [0.05, 0.1) is 0 Å². The third-order valence-electron chi connectivity index (χ3n) is 10.4. The summed E-state index contributed by atoms with van der Waals surface area (Å²) < 4.78 is 0. The van der Waals surface area contributed by atoms with Gasteiger partial charge in [0.15, 0.2) is 5.78 Å². The Morgan fingerprint density at radius 2 is 1.64 bits per heavy atom. The lowest BCUT2D eigenvalue weighted by Crippen LogP contribution is -2.48. The number of fused-ring (bicyclic) bond motifs is 5. The molecule has 4 rings (SSSR count). The first-order chi connectivity index (χ1) is 15.8. The molecule has 33 heavy (non-hydrogen) atoms. The first-order valence-electron chi connectivity index (χ1n) is 14.0. The maximum absolute atomic E-state index is 12.0. The number of aliphatic carboxylic acids is 1. The molecule has 4 aliphatic carbocycles. The van der Waals surface area contributed by atoms with E-state index in [0.717, 1.165) is 43.4 Å². The third kappa shape index (κ3) is 5.17. The molecule has 0 bridgehead atoms. The van der Waals surface area contributed by atoms with E-state index in [4.69, 9.17) is 5.11 Å². The SMILES string of the molecule is C[C@]12CCC(=O)C=C1C=CC1C2CC[C@@]2(C)C1CC[C@@H]2CCCCCCCCCCC(=O)O. The van der Waals surface area contributed by atoms with Gasteiger partial charge in [0.2, 0.25) is 0 Å². The van der Waals surface area contributed by atoms with E-state index in [1.54, 1.807) is 0 Å². The molecule has 0 aromatic heterocycles. The van der Waals surface area contributed by atoms with E-state index in [1.807, 2.05) is 6.08 Å². The van der Waals surface area contributed by atoms with Crippen LogP contribution in [0, 0.1) is 34.5 Å². The van der Waals surface area contributed by atoms with Gasteiger partial charge in [0, 0.05) is 12.8 Å². The third-order valence-corrected chi connectivity index (χ3v) is 10.4. The molecule has 0 aromatic carbocycles. The number of allylic oxidation sites excluding steroid dienone is 4. The fraction of sp³-hybridized carbons (Fsp3) is 0.800. The molecule has 4 aliphatic rings. The minimum atomic E-state index is -0.660.